The number of hydrogen-bond acceptors (Lipinski definition) is 2. The Labute approximate surface area is 70.6 Å². The van der Waals surface area contributed by atoms with Crippen LogP contribution in [0.1, 0.15) is 12.8 Å². The van der Waals surface area contributed by atoms with Gasteiger partial charge in [0.25, 0.3) is 0 Å². The fraction of sp³-hybridized carbons (Fsp3) is 0.500. The molecule has 1 aromatic rings. The van der Waals surface area contributed by atoms with Gasteiger partial charge in [-0.1, -0.05) is 0 Å². The summed E-state index contributed by atoms with van der Waals surface area (Å²) >= 11 is 0. The van der Waals surface area contributed by atoms with Gasteiger partial charge in [-0.15, -0.1) is 0 Å². The quantitative estimate of drug-likeness (QED) is 0.706. The minimum atomic E-state index is -0.0839. The zero-order valence-corrected chi connectivity index (χ0v) is 6.73. The molecular formula is C8H11N3O. The molecule has 1 fully saturated rings. The van der Waals surface area contributed by atoms with Gasteiger partial charge in [-0.25, -0.2) is 9.78 Å². The molecule has 0 bridgehead atoms. The highest BCUT2D eigenvalue weighted by Gasteiger charge is 2.21. The van der Waals surface area contributed by atoms with E-state index in [0.717, 1.165) is 12.5 Å². The van der Waals surface area contributed by atoms with Crippen molar-refractivity contribution in [3.05, 3.63) is 18.7 Å². The number of rotatable bonds is 2. The average molecular weight is 165 g/mol. The van der Waals surface area contributed by atoms with Crippen molar-refractivity contribution in [2.45, 2.75) is 12.8 Å². The number of aromatic nitrogens is 2. The molecule has 1 aliphatic carbocycles. The molecule has 4 heteroatoms. The third-order valence-electron chi connectivity index (χ3n) is 1.98. The summed E-state index contributed by atoms with van der Waals surface area (Å²) < 4.78 is 1.45. The van der Waals surface area contributed by atoms with E-state index < -0.39 is 0 Å². The summed E-state index contributed by atoms with van der Waals surface area (Å²) in [5.41, 5.74) is 0. The second kappa shape index (κ2) is 2.97. The van der Waals surface area contributed by atoms with Gasteiger partial charge in [0.2, 0.25) is 0 Å². The van der Waals surface area contributed by atoms with Gasteiger partial charge in [-0.05, 0) is 18.8 Å². The lowest BCUT2D eigenvalue weighted by atomic mass is 10.4. The standard InChI is InChI=1S/C8H11N3O/c12-8(10-5-7-1-2-7)11-4-3-9-6-11/h3-4,6-7H,1-2,5H2,(H,10,12). The van der Waals surface area contributed by atoms with Crippen molar-refractivity contribution in [3.8, 4) is 0 Å². The topological polar surface area (TPSA) is 46.9 Å². The molecule has 2 rings (SSSR count). The van der Waals surface area contributed by atoms with Gasteiger partial charge in [-0.3, -0.25) is 4.57 Å². The van der Waals surface area contributed by atoms with Crippen molar-refractivity contribution in [1.82, 2.24) is 14.9 Å². The monoisotopic (exact) mass is 165 g/mol. The first-order valence-electron chi connectivity index (χ1n) is 4.12. The number of nitrogens with zero attached hydrogens (tertiary/aromatic N) is 2. The molecule has 1 amide bonds. The molecule has 0 atom stereocenters. The smallest absolute Gasteiger partial charge is 0.326 e. The molecular weight excluding hydrogens is 154 g/mol. The summed E-state index contributed by atoms with van der Waals surface area (Å²) in [5, 5.41) is 2.83. The van der Waals surface area contributed by atoms with Crippen molar-refractivity contribution in [3.63, 3.8) is 0 Å². The Balaban J connectivity index is 1.83. The first-order valence-corrected chi connectivity index (χ1v) is 4.12. The Bertz CT molecular complexity index is 264. The van der Waals surface area contributed by atoms with E-state index in [9.17, 15) is 4.79 Å². The maximum Gasteiger partial charge on any atom is 0.326 e. The largest absolute Gasteiger partial charge is 0.337 e. The molecule has 1 aliphatic rings. The Morgan fingerprint density at radius 2 is 2.50 bits per heavy atom. The Morgan fingerprint density at radius 1 is 1.67 bits per heavy atom. The Morgan fingerprint density at radius 3 is 3.08 bits per heavy atom. The summed E-state index contributed by atoms with van der Waals surface area (Å²) in [6.45, 7) is 0.803. The van der Waals surface area contributed by atoms with Crippen LogP contribution in [0.3, 0.4) is 0 Å². The molecule has 1 heterocycles. The molecule has 0 radical (unpaired) electrons. The summed E-state index contributed by atoms with van der Waals surface area (Å²) in [7, 11) is 0. The zero-order chi connectivity index (χ0) is 8.39. The van der Waals surface area contributed by atoms with Crippen molar-refractivity contribution in [1.29, 1.82) is 0 Å². The molecule has 1 N–H and O–H groups in total. The van der Waals surface area contributed by atoms with Crippen LogP contribution in [0.2, 0.25) is 0 Å². The predicted octanol–water partition coefficient (Wildman–Crippen LogP) is 0.851. The van der Waals surface area contributed by atoms with E-state index in [1.165, 1.54) is 23.7 Å². The SMILES string of the molecule is O=C(NCC1CC1)n1ccnc1. The second-order valence-electron chi connectivity index (χ2n) is 3.10. The van der Waals surface area contributed by atoms with E-state index in [1.807, 2.05) is 0 Å². The normalized spacial score (nSPS) is 16.0. The maximum absolute atomic E-state index is 11.2. The van der Waals surface area contributed by atoms with Gasteiger partial charge < -0.3 is 5.32 Å². The molecule has 0 aromatic carbocycles. The van der Waals surface area contributed by atoms with Crippen molar-refractivity contribution < 1.29 is 4.79 Å². The Hall–Kier alpha value is -1.32. The highest BCUT2D eigenvalue weighted by Crippen LogP contribution is 2.27. The van der Waals surface area contributed by atoms with Crippen LogP contribution in [0.4, 0.5) is 4.79 Å². The number of hydrogen-bond donors (Lipinski definition) is 1. The maximum atomic E-state index is 11.2. The molecule has 12 heavy (non-hydrogen) atoms. The van der Waals surface area contributed by atoms with E-state index in [2.05, 4.69) is 10.3 Å². The predicted molar refractivity (Wildman–Crippen MR) is 43.7 cm³/mol. The van der Waals surface area contributed by atoms with Crippen molar-refractivity contribution in [2.24, 2.45) is 5.92 Å². The third-order valence-corrected chi connectivity index (χ3v) is 1.98. The minimum absolute atomic E-state index is 0.0839. The van der Waals surface area contributed by atoms with Gasteiger partial charge in [-0.2, -0.15) is 0 Å². The van der Waals surface area contributed by atoms with Crippen LogP contribution in [0.15, 0.2) is 18.7 Å². The van der Waals surface area contributed by atoms with Gasteiger partial charge >= 0.3 is 6.03 Å². The van der Waals surface area contributed by atoms with Gasteiger partial charge in [0.05, 0.1) is 0 Å². The lowest BCUT2D eigenvalue weighted by Gasteiger charge is -2.02. The molecule has 64 valence electrons. The second-order valence-corrected chi connectivity index (χ2v) is 3.10. The zero-order valence-electron chi connectivity index (χ0n) is 6.73. The molecule has 0 aliphatic heterocycles. The fourth-order valence-electron chi connectivity index (χ4n) is 1.02. The summed E-state index contributed by atoms with van der Waals surface area (Å²) in [4.78, 5) is 15.0. The van der Waals surface area contributed by atoms with Crippen LogP contribution in [0.25, 0.3) is 0 Å². The number of imidazole rings is 1. The van der Waals surface area contributed by atoms with Crippen molar-refractivity contribution in [2.75, 3.05) is 6.54 Å². The molecule has 0 saturated heterocycles. The third kappa shape index (κ3) is 1.64. The van der Waals surface area contributed by atoms with E-state index >= 15 is 0 Å². The lowest BCUT2D eigenvalue weighted by Crippen LogP contribution is -2.29. The molecule has 0 unspecified atom stereocenters. The highest BCUT2D eigenvalue weighted by molar-refractivity contribution is 5.76. The lowest BCUT2D eigenvalue weighted by molar-refractivity contribution is 0.242. The summed E-state index contributed by atoms with van der Waals surface area (Å²) in [6.07, 6.45) is 7.25. The van der Waals surface area contributed by atoms with Crippen LogP contribution in [-0.4, -0.2) is 22.1 Å². The van der Waals surface area contributed by atoms with E-state index in [4.69, 9.17) is 0 Å². The number of nitrogens with one attached hydrogen (secondary N) is 1. The van der Waals surface area contributed by atoms with E-state index in [0.29, 0.717) is 0 Å². The first-order chi connectivity index (χ1) is 5.86. The van der Waals surface area contributed by atoms with Gasteiger partial charge in [0, 0.05) is 18.9 Å². The fourth-order valence-corrected chi connectivity index (χ4v) is 1.02. The number of carbonyl (C=O) groups is 1. The van der Waals surface area contributed by atoms with Crippen LogP contribution in [0.5, 0.6) is 0 Å². The Kier molecular flexibility index (Phi) is 1.81. The van der Waals surface area contributed by atoms with Gasteiger partial charge in [0.15, 0.2) is 0 Å². The van der Waals surface area contributed by atoms with Gasteiger partial charge in [0.1, 0.15) is 6.33 Å². The van der Waals surface area contributed by atoms with Crippen molar-refractivity contribution >= 4 is 6.03 Å². The summed E-state index contributed by atoms with van der Waals surface area (Å²) in [5.74, 6) is 0.720. The number of carbonyl (C=O) groups excluding carboxylic acids is 1. The molecule has 4 nitrogen and oxygen atoms in total. The number of amides is 1. The first kappa shape index (κ1) is 7.34. The van der Waals surface area contributed by atoms with Crippen LogP contribution >= 0.6 is 0 Å². The molecule has 0 spiro atoms. The van der Waals surface area contributed by atoms with E-state index in [-0.39, 0.29) is 6.03 Å². The molecule has 1 aromatic heterocycles. The molecule has 1 saturated carbocycles. The van der Waals surface area contributed by atoms with Crippen LogP contribution < -0.4 is 5.32 Å². The van der Waals surface area contributed by atoms with Crippen LogP contribution in [-0.2, 0) is 0 Å². The highest BCUT2D eigenvalue weighted by atomic mass is 16.2. The summed E-state index contributed by atoms with van der Waals surface area (Å²) in [6, 6.07) is -0.0839. The van der Waals surface area contributed by atoms with Crippen LogP contribution in [0, 0.1) is 5.92 Å². The van der Waals surface area contributed by atoms with E-state index in [1.54, 1.807) is 12.4 Å². The average Bonchev–Trinajstić information content (AvgIpc) is 2.74. The minimum Gasteiger partial charge on any atom is -0.337 e.